The van der Waals surface area contributed by atoms with Crippen LogP contribution >= 0.6 is 0 Å². The fourth-order valence-electron chi connectivity index (χ4n) is 2.67. The van der Waals surface area contributed by atoms with Gasteiger partial charge < -0.3 is 4.74 Å². The number of hydrogen-bond donors (Lipinski definition) is 0. The number of halogens is 1. The summed E-state index contributed by atoms with van der Waals surface area (Å²) in [5, 5.41) is 0. The molecule has 2 rings (SSSR count). The summed E-state index contributed by atoms with van der Waals surface area (Å²) in [5.41, 5.74) is 2.54. The molecule has 0 bridgehead atoms. The molecule has 1 aliphatic carbocycles. The Hall–Kier alpha value is -1.71. The summed E-state index contributed by atoms with van der Waals surface area (Å²) in [7, 11) is 0. The molecule has 0 spiro atoms. The number of carbonyl (C=O) groups excluding carboxylic acids is 1. The van der Waals surface area contributed by atoms with E-state index < -0.39 is 5.95 Å². The first-order chi connectivity index (χ1) is 9.61. The van der Waals surface area contributed by atoms with E-state index in [1.165, 1.54) is 6.20 Å². The zero-order chi connectivity index (χ0) is 14.5. The number of rotatable bonds is 4. The quantitative estimate of drug-likeness (QED) is 0.622. The summed E-state index contributed by atoms with van der Waals surface area (Å²) in [6.07, 6.45) is 6.45. The van der Waals surface area contributed by atoms with Crippen molar-refractivity contribution in [1.82, 2.24) is 4.98 Å². The highest BCUT2D eigenvalue weighted by molar-refractivity contribution is 5.71. The maximum atomic E-state index is 13.8. The van der Waals surface area contributed by atoms with Crippen LogP contribution in [0.4, 0.5) is 4.39 Å². The first kappa shape index (κ1) is 14.7. The van der Waals surface area contributed by atoms with E-state index in [9.17, 15) is 9.18 Å². The highest BCUT2D eigenvalue weighted by Gasteiger charge is 2.21. The summed E-state index contributed by atoms with van der Waals surface area (Å²) < 4.78 is 18.8. The van der Waals surface area contributed by atoms with Crippen LogP contribution < -0.4 is 0 Å². The second-order valence-corrected chi connectivity index (χ2v) is 5.17. The van der Waals surface area contributed by atoms with Crippen LogP contribution in [0.2, 0.25) is 0 Å². The molecule has 0 N–H and O–H groups in total. The van der Waals surface area contributed by atoms with Crippen molar-refractivity contribution in [2.24, 2.45) is 5.92 Å². The summed E-state index contributed by atoms with van der Waals surface area (Å²) in [5.74, 6) is -0.240. The molecule has 1 aromatic rings. The topological polar surface area (TPSA) is 39.2 Å². The van der Waals surface area contributed by atoms with Crippen molar-refractivity contribution in [3.05, 3.63) is 35.4 Å². The van der Waals surface area contributed by atoms with Crippen LogP contribution in [0.3, 0.4) is 0 Å². The normalized spacial score (nSPS) is 18.6. The number of ether oxygens (including phenoxy) is 1. The molecule has 0 fully saturated rings. The number of esters is 1. The van der Waals surface area contributed by atoms with E-state index in [0.29, 0.717) is 24.5 Å². The van der Waals surface area contributed by atoms with Crippen molar-refractivity contribution in [1.29, 1.82) is 0 Å². The molecule has 0 saturated heterocycles. The lowest BCUT2D eigenvalue weighted by atomic mass is 9.84. The third-order valence-corrected chi connectivity index (χ3v) is 3.71. The molecule has 0 aliphatic heterocycles. The maximum absolute atomic E-state index is 13.8. The Morgan fingerprint density at radius 2 is 2.35 bits per heavy atom. The zero-order valence-electron chi connectivity index (χ0n) is 12.0. The zero-order valence-corrected chi connectivity index (χ0v) is 12.0. The van der Waals surface area contributed by atoms with Crippen LogP contribution in [0.1, 0.15) is 43.7 Å². The fraction of sp³-hybridized carbons (Fsp3) is 0.500. The molecule has 3 nitrogen and oxygen atoms in total. The van der Waals surface area contributed by atoms with Crippen molar-refractivity contribution in [3.8, 4) is 0 Å². The fourth-order valence-corrected chi connectivity index (χ4v) is 2.67. The molecule has 0 radical (unpaired) electrons. The highest BCUT2D eigenvalue weighted by Crippen LogP contribution is 2.33. The SMILES string of the molecule is CCOC(=O)CC1CC=C(c2c(C)ccnc2F)CC1. The van der Waals surface area contributed by atoms with Gasteiger partial charge in [-0.25, -0.2) is 4.98 Å². The third-order valence-electron chi connectivity index (χ3n) is 3.71. The van der Waals surface area contributed by atoms with Crippen LogP contribution in [0.5, 0.6) is 0 Å². The van der Waals surface area contributed by atoms with E-state index in [1.807, 2.05) is 26.0 Å². The number of hydrogen-bond acceptors (Lipinski definition) is 3. The van der Waals surface area contributed by atoms with Gasteiger partial charge in [0.05, 0.1) is 6.61 Å². The van der Waals surface area contributed by atoms with E-state index in [-0.39, 0.29) is 5.97 Å². The minimum atomic E-state index is -0.403. The Balaban J connectivity index is 2.04. The van der Waals surface area contributed by atoms with Gasteiger partial charge in [0.1, 0.15) is 0 Å². The lowest BCUT2D eigenvalue weighted by Gasteiger charge is -2.22. The van der Waals surface area contributed by atoms with Crippen molar-refractivity contribution in [3.63, 3.8) is 0 Å². The Labute approximate surface area is 118 Å². The first-order valence-corrected chi connectivity index (χ1v) is 7.08. The Bertz CT molecular complexity index is 505. The van der Waals surface area contributed by atoms with Crippen LogP contribution in [-0.2, 0) is 9.53 Å². The molecule has 1 heterocycles. The van der Waals surface area contributed by atoms with Crippen LogP contribution in [0, 0.1) is 18.8 Å². The molecule has 108 valence electrons. The Morgan fingerprint density at radius 3 is 2.95 bits per heavy atom. The smallest absolute Gasteiger partial charge is 0.306 e. The van der Waals surface area contributed by atoms with Gasteiger partial charge in [-0.2, -0.15) is 4.39 Å². The second kappa shape index (κ2) is 6.64. The standard InChI is InChI=1S/C16H20FNO2/c1-3-20-14(19)10-12-4-6-13(7-5-12)15-11(2)8-9-18-16(15)17/h6,8-9,12H,3-5,7,10H2,1-2H3. The summed E-state index contributed by atoms with van der Waals surface area (Å²) in [6.45, 7) is 4.13. The van der Waals surface area contributed by atoms with Crippen LogP contribution in [-0.4, -0.2) is 17.6 Å². The predicted octanol–water partition coefficient (Wildman–Crippen LogP) is 3.67. The van der Waals surface area contributed by atoms with Gasteiger partial charge in [0.2, 0.25) is 5.95 Å². The van der Waals surface area contributed by atoms with Crippen molar-refractivity contribution in [2.45, 2.75) is 39.5 Å². The van der Waals surface area contributed by atoms with E-state index >= 15 is 0 Å². The summed E-state index contributed by atoms with van der Waals surface area (Å²) in [6, 6.07) is 1.82. The number of nitrogens with zero attached hydrogens (tertiary/aromatic N) is 1. The van der Waals surface area contributed by atoms with Crippen molar-refractivity contribution >= 4 is 11.5 Å². The number of carbonyl (C=O) groups is 1. The molecule has 1 aromatic heterocycles. The van der Waals surface area contributed by atoms with E-state index in [4.69, 9.17) is 4.74 Å². The molecular weight excluding hydrogens is 257 g/mol. The number of aromatic nitrogens is 1. The predicted molar refractivity (Wildman–Crippen MR) is 75.5 cm³/mol. The first-order valence-electron chi connectivity index (χ1n) is 7.08. The highest BCUT2D eigenvalue weighted by atomic mass is 19.1. The molecule has 1 atom stereocenters. The maximum Gasteiger partial charge on any atom is 0.306 e. The molecular formula is C16H20FNO2. The van der Waals surface area contributed by atoms with Crippen molar-refractivity contribution < 1.29 is 13.9 Å². The Morgan fingerprint density at radius 1 is 1.55 bits per heavy atom. The van der Waals surface area contributed by atoms with Gasteiger partial charge >= 0.3 is 5.97 Å². The minimum absolute atomic E-state index is 0.141. The van der Waals surface area contributed by atoms with Gasteiger partial charge in [-0.15, -0.1) is 0 Å². The molecule has 1 aliphatic rings. The lowest BCUT2D eigenvalue weighted by molar-refractivity contribution is -0.144. The molecule has 0 amide bonds. The van der Waals surface area contributed by atoms with Gasteiger partial charge in [-0.1, -0.05) is 6.08 Å². The lowest BCUT2D eigenvalue weighted by Crippen LogP contribution is -2.14. The number of aryl methyl sites for hydroxylation is 1. The van der Waals surface area contributed by atoms with Crippen molar-refractivity contribution in [2.75, 3.05) is 6.61 Å². The van der Waals surface area contributed by atoms with E-state index in [0.717, 1.165) is 30.4 Å². The monoisotopic (exact) mass is 277 g/mol. The number of allylic oxidation sites excluding steroid dienone is 2. The van der Waals surface area contributed by atoms with Gasteiger partial charge in [-0.3, -0.25) is 4.79 Å². The van der Waals surface area contributed by atoms with Crippen LogP contribution in [0.15, 0.2) is 18.3 Å². The minimum Gasteiger partial charge on any atom is -0.466 e. The largest absolute Gasteiger partial charge is 0.466 e. The average Bonchev–Trinajstić information content (AvgIpc) is 2.40. The molecule has 0 saturated carbocycles. The Kier molecular flexibility index (Phi) is 4.88. The van der Waals surface area contributed by atoms with Gasteiger partial charge in [0.25, 0.3) is 0 Å². The van der Waals surface area contributed by atoms with Gasteiger partial charge in [-0.05, 0) is 56.2 Å². The second-order valence-electron chi connectivity index (χ2n) is 5.17. The average molecular weight is 277 g/mol. The third kappa shape index (κ3) is 3.44. The molecule has 20 heavy (non-hydrogen) atoms. The van der Waals surface area contributed by atoms with Gasteiger partial charge in [0.15, 0.2) is 0 Å². The van der Waals surface area contributed by atoms with E-state index in [1.54, 1.807) is 0 Å². The number of pyridine rings is 1. The van der Waals surface area contributed by atoms with E-state index in [2.05, 4.69) is 4.98 Å². The van der Waals surface area contributed by atoms with Crippen LogP contribution in [0.25, 0.3) is 5.57 Å². The molecule has 0 aromatic carbocycles. The van der Waals surface area contributed by atoms with Gasteiger partial charge in [0, 0.05) is 18.2 Å². The summed E-state index contributed by atoms with van der Waals surface area (Å²) in [4.78, 5) is 15.2. The molecule has 4 heteroatoms. The summed E-state index contributed by atoms with van der Waals surface area (Å²) >= 11 is 0. The molecule has 1 unspecified atom stereocenters.